The van der Waals surface area contributed by atoms with Gasteiger partial charge in [-0.05, 0) is 13.3 Å². The molecule has 0 bridgehead atoms. The molecular formula is C7H19NO2Si. The van der Waals surface area contributed by atoms with Gasteiger partial charge in [-0.25, -0.2) is 0 Å². The third-order valence-electron chi connectivity index (χ3n) is 1.63. The monoisotopic (exact) mass is 177 g/mol. The lowest BCUT2D eigenvalue weighted by molar-refractivity contribution is -0.0441. The lowest BCUT2D eigenvalue weighted by atomic mass is 10.3. The number of hydrogen-bond acceptors (Lipinski definition) is 3. The summed E-state index contributed by atoms with van der Waals surface area (Å²) in [5.41, 5.74) is 5.60. The molecule has 0 saturated heterocycles. The van der Waals surface area contributed by atoms with Gasteiger partial charge < -0.3 is 15.2 Å². The summed E-state index contributed by atoms with van der Waals surface area (Å²) in [6.45, 7) is 2.03. The summed E-state index contributed by atoms with van der Waals surface area (Å²) in [5.74, 6) is 0.0775. The Balaban J connectivity index is 3.21. The quantitative estimate of drug-likeness (QED) is 0.455. The van der Waals surface area contributed by atoms with Gasteiger partial charge in [0, 0.05) is 20.3 Å². The SMILES string of the molecule is COC(OC)[SiH2]CCC(C)N. The van der Waals surface area contributed by atoms with Gasteiger partial charge in [0.2, 0.25) is 0 Å². The van der Waals surface area contributed by atoms with Crippen LogP contribution < -0.4 is 5.73 Å². The van der Waals surface area contributed by atoms with Crippen molar-refractivity contribution in [1.29, 1.82) is 0 Å². The van der Waals surface area contributed by atoms with E-state index in [4.69, 9.17) is 15.2 Å². The fraction of sp³-hybridized carbons (Fsp3) is 1.00. The van der Waals surface area contributed by atoms with E-state index in [2.05, 4.69) is 0 Å². The van der Waals surface area contributed by atoms with Crippen molar-refractivity contribution >= 4 is 9.52 Å². The molecule has 0 aliphatic rings. The van der Waals surface area contributed by atoms with Gasteiger partial charge in [0.05, 0.1) is 9.52 Å². The minimum Gasteiger partial charge on any atom is -0.360 e. The molecule has 0 aliphatic carbocycles. The molecule has 0 aliphatic heterocycles. The molecule has 0 saturated carbocycles. The lowest BCUT2D eigenvalue weighted by Gasteiger charge is -2.12. The van der Waals surface area contributed by atoms with Crippen LogP contribution in [0.4, 0.5) is 0 Å². The minimum absolute atomic E-state index is 0.0775. The van der Waals surface area contributed by atoms with Crippen molar-refractivity contribution in [3.63, 3.8) is 0 Å². The molecule has 1 unspecified atom stereocenters. The average Bonchev–Trinajstić information content (AvgIpc) is 1.98. The van der Waals surface area contributed by atoms with Crippen LogP contribution >= 0.6 is 0 Å². The van der Waals surface area contributed by atoms with Crippen molar-refractivity contribution < 1.29 is 9.47 Å². The van der Waals surface area contributed by atoms with E-state index in [9.17, 15) is 0 Å². The summed E-state index contributed by atoms with van der Waals surface area (Å²) in [4.78, 5) is 0. The van der Waals surface area contributed by atoms with Crippen LogP contribution in [-0.4, -0.2) is 35.7 Å². The summed E-state index contributed by atoms with van der Waals surface area (Å²) in [6, 6.07) is 1.51. The standard InChI is InChI=1S/C7H19NO2Si/c1-6(8)4-5-11-7(9-2)10-3/h6-7H,4-5,8,11H2,1-3H3. The van der Waals surface area contributed by atoms with Gasteiger partial charge in [0.15, 0.2) is 0 Å². The fourth-order valence-corrected chi connectivity index (χ4v) is 2.62. The third-order valence-corrected chi connectivity index (χ3v) is 3.58. The van der Waals surface area contributed by atoms with E-state index in [1.807, 2.05) is 6.92 Å². The number of hydrogen-bond donors (Lipinski definition) is 1. The molecule has 11 heavy (non-hydrogen) atoms. The van der Waals surface area contributed by atoms with E-state index in [1.165, 1.54) is 6.04 Å². The molecule has 3 nitrogen and oxygen atoms in total. The average molecular weight is 177 g/mol. The summed E-state index contributed by atoms with van der Waals surface area (Å²) in [5, 5.41) is 0. The predicted molar refractivity (Wildman–Crippen MR) is 49.4 cm³/mol. The van der Waals surface area contributed by atoms with Gasteiger partial charge in [-0.2, -0.15) is 0 Å². The van der Waals surface area contributed by atoms with Crippen molar-refractivity contribution in [1.82, 2.24) is 0 Å². The Morgan fingerprint density at radius 1 is 1.36 bits per heavy atom. The highest BCUT2D eigenvalue weighted by molar-refractivity contribution is 6.36. The summed E-state index contributed by atoms with van der Waals surface area (Å²) in [6.07, 6.45) is 1.09. The van der Waals surface area contributed by atoms with Crippen LogP contribution in [0.5, 0.6) is 0 Å². The van der Waals surface area contributed by atoms with Gasteiger partial charge in [-0.15, -0.1) is 0 Å². The maximum Gasteiger partial charge on any atom is 0.134 e. The Morgan fingerprint density at radius 3 is 2.27 bits per heavy atom. The molecular weight excluding hydrogens is 158 g/mol. The molecule has 0 aromatic carbocycles. The summed E-state index contributed by atoms with van der Waals surface area (Å²) >= 11 is 0. The van der Waals surface area contributed by atoms with E-state index in [-0.39, 0.29) is 15.4 Å². The predicted octanol–water partition coefficient (Wildman–Crippen LogP) is -0.113. The van der Waals surface area contributed by atoms with Crippen LogP contribution in [0.15, 0.2) is 0 Å². The van der Waals surface area contributed by atoms with Crippen molar-refractivity contribution in [2.24, 2.45) is 5.73 Å². The summed E-state index contributed by atoms with van der Waals surface area (Å²) < 4.78 is 10.2. The lowest BCUT2D eigenvalue weighted by Crippen LogP contribution is -2.23. The molecule has 2 N–H and O–H groups in total. The van der Waals surface area contributed by atoms with Gasteiger partial charge in [-0.3, -0.25) is 0 Å². The first-order valence-electron chi connectivity index (χ1n) is 4.02. The molecule has 0 amide bonds. The number of rotatable bonds is 6. The largest absolute Gasteiger partial charge is 0.360 e. The van der Waals surface area contributed by atoms with Crippen LogP contribution in [0.2, 0.25) is 6.04 Å². The molecule has 0 spiro atoms. The van der Waals surface area contributed by atoms with E-state index < -0.39 is 0 Å². The second-order valence-electron chi connectivity index (χ2n) is 2.81. The molecule has 4 heteroatoms. The number of ether oxygens (including phenoxy) is 2. The maximum atomic E-state index is 5.60. The first-order chi connectivity index (χ1) is 5.20. The normalized spacial score (nSPS) is 15.0. The van der Waals surface area contributed by atoms with Crippen LogP contribution in [0.1, 0.15) is 13.3 Å². The molecule has 0 fully saturated rings. The van der Waals surface area contributed by atoms with Gasteiger partial charge in [0.1, 0.15) is 5.91 Å². The van der Waals surface area contributed by atoms with Crippen LogP contribution in [0.25, 0.3) is 0 Å². The Labute approximate surface area is 71.1 Å². The van der Waals surface area contributed by atoms with Crippen LogP contribution in [-0.2, 0) is 9.47 Å². The Kier molecular flexibility index (Phi) is 6.85. The molecule has 0 aromatic heterocycles. The molecule has 0 aromatic rings. The van der Waals surface area contributed by atoms with Crippen molar-refractivity contribution in [3.8, 4) is 0 Å². The van der Waals surface area contributed by atoms with Crippen LogP contribution in [0, 0.1) is 0 Å². The Bertz CT molecular complexity index is 86.5. The zero-order valence-electron chi connectivity index (χ0n) is 7.67. The van der Waals surface area contributed by atoms with E-state index in [0.717, 1.165) is 6.42 Å². The number of methoxy groups -OCH3 is 2. The zero-order valence-corrected chi connectivity index (χ0v) is 9.08. The van der Waals surface area contributed by atoms with E-state index in [0.29, 0.717) is 6.04 Å². The number of nitrogens with two attached hydrogens (primary N) is 1. The highest BCUT2D eigenvalue weighted by Crippen LogP contribution is 1.98. The van der Waals surface area contributed by atoms with Crippen LogP contribution in [0.3, 0.4) is 0 Å². The molecule has 1 atom stereocenters. The second kappa shape index (κ2) is 6.79. The zero-order chi connectivity index (χ0) is 8.69. The highest BCUT2D eigenvalue weighted by atomic mass is 28.2. The minimum atomic E-state index is -0.242. The summed E-state index contributed by atoms with van der Waals surface area (Å²) in [7, 11) is 3.13. The highest BCUT2D eigenvalue weighted by Gasteiger charge is 2.05. The fourth-order valence-electron chi connectivity index (χ4n) is 0.938. The van der Waals surface area contributed by atoms with Crippen molar-refractivity contribution in [3.05, 3.63) is 0 Å². The first-order valence-corrected chi connectivity index (χ1v) is 5.83. The van der Waals surface area contributed by atoms with Gasteiger partial charge in [-0.1, -0.05) is 6.04 Å². The van der Waals surface area contributed by atoms with Gasteiger partial charge >= 0.3 is 0 Å². The topological polar surface area (TPSA) is 44.5 Å². The van der Waals surface area contributed by atoms with Crippen molar-refractivity contribution in [2.75, 3.05) is 14.2 Å². The van der Waals surface area contributed by atoms with Gasteiger partial charge in [0.25, 0.3) is 0 Å². The second-order valence-corrected chi connectivity index (χ2v) is 4.76. The Hall–Kier alpha value is 0.0969. The molecule has 0 rings (SSSR count). The third kappa shape index (κ3) is 6.49. The van der Waals surface area contributed by atoms with E-state index in [1.54, 1.807) is 14.2 Å². The van der Waals surface area contributed by atoms with E-state index >= 15 is 0 Å². The molecule has 68 valence electrons. The molecule has 0 heterocycles. The smallest absolute Gasteiger partial charge is 0.134 e. The first kappa shape index (κ1) is 11.1. The van der Waals surface area contributed by atoms with Crippen molar-refractivity contribution in [2.45, 2.75) is 31.3 Å². The maximum absolute atomic E-state index is 5.60. The Morgan fingerprint density at radius 2 is 1.91 bits per heavy atom. The molecule has 0 radical (unpaired) electrons.